The molecule has 0 saturated heterocycles. The van der Waals surface area contributed by atoms with Crippen molar-refractivity contribution in [1.29, 1.82) is 0 Å². The van der Waals surface area contributed by atoms with Gasteiger partial charge in [0.25, 0.3) is 30.4 Å². The van der Waals surface area contributed by atoms with Crippen LogP contribution in [0.3, 0.4) is 0 Å². The van der Waals surface area contributed by atoms with Crippen LogP contribution in [-0.4, -0.2) is 56.2 Å². The highest BCUT2D eigenvalue weighted by molar-refractivity contribution is 7.86. The van der Waals surface area contributed by atoms with E-state index >= 15 is 0 Å². The van der Waals surface area contributed by atoms with Crippen LogP contribution in [-0.2, 0) is 30.4 Å². The molecular weight excluding hydrogens is 432 g/mol. The van der Waals surface area contributed by atoms with Gasteiger partial charge in [-0.15, -0.1) is 0 Å². The third-order valence-electron chi connectivity index (χ3n) is 4.49. The van der Waals surface area contributed by atoms with Crippen molar-refractivity contribution < 1.29 is 38.9 Å². The second-order valence-electron chi connectivity index (χ2n) is 6.51. The molecule has 1 aliphatic rings. The SMILES string of the molecule is O=S(=O)(O)CC1=C(CS(=O)(=O)O)C(CS(=O)(=O)O)c2cccc3cccc1c23. The first-order valence-electron chi connectivity index (χ1n) is 7.84. The zero-order chi connectivity index (χ0) is 20.9. The van der Waals surface area contributed by atoms with Crippen LogP contribution in [0.1, 0.15) is 17.0 Å². The monoisotopic (exact) mass is 448 g/mol. The van der Waals surface area contributed by atoms with Crippen LogP contribution < -0.4 is 0 Å². The fraction of sp³-hybridized carbons (Fsp3) is 0.250. The molecule has 0 heterocycles. The predicted octanol–water partition coefficient (Wildman–Crippen LogP) is 1.35. The molecule has 2 aromatic carbocycles. The first kappa shape index (κ1) is 20.9. The smallest absolute Gasteiger partial charge is 0.269 e. The molecule has 0 bridgehead atoms. The Kier molecular flexibility index (Phi) is 5.15. The van der Waals surface area contributed by atoms with Gasteiger partial charge in [0, 0.05) is 5.92 Å². The molecule has 1 atom stereocenters. The minimum Gasteiger partial charge on any atom is -0.286 e. The Balaban J connectivity index is 2.43. The second-order valence-corrected chi connectivity index (χ2v) is 10.9. The van der Waals surface area contributed by atoms with Crippen LogP contribution in [0.5, 0.6) is 0 Å². The molecule has 0 saturated carbocycles. The van der Waals surface area contributed by atoms with E-state index in [2.05, 4.69) is 0 Å². The van der Waals surface area contributed by atoms with Crippen molar-refractivity contribution in [2.24, 2.45) is 0 Å². The summed E-state index contributed by atoms with van der Waals surface area (Å²) in [5, 5.41) is 1.12. The van der Waals surface area contributed by atoms with Gasteiger partial charge in [-0.1, -0.05) is 36.4 Å². The van der Waals surface area contributed by atoms with Crippen molar-refractivity contribution >= 4 is 46.7 Å². The maximum absolute atomic E-state index is 11.6. The molecule has 1 aliphatic carbocycles. The van der Waals surface area contributed by atoms with E-state index in [9.17, 15) is 38.9 Å². The topological polar surface area (TPSA) is 163 Å². The molecule has 0 spiro atoms. The molecule has 0 amide bonds. The van der Waals surface area contributed by atoms with Gasteiger partial charge in [0.2, 0.25) is 0 Å². The van der Waals surface area contributed by atoms with Gasteiger partial charge in [-0.3, -0.25) is 13.7 Å². The lowest BCUT2D eigenvalue weighted by molar-refractivity contribution is 0.475. The zero-order valence-electron chi connectivity index (χ0n) is 14.2. The Morgan fingerprint density at radius 2 is 1.32 bits per heavy atom. The lowest BCUT2D eigenvalue weighted by Gasteiger charge is -2.30. The van der Waals surface area contributed by atoms with E-state index in [-0.39, 0.29) is 11.1 Å². The molecule has 28 heavy (non-hydrogen) atoms. The van der Waals surface area contributed by atoms with Crippen LogP contribution in [0.25, 0.3) is 16.3 Å². The second kappa shape index (κ2) is 6.90. The quantitative estimate of drug-likeness (QED) is 0.553. The van der Waals surface area contributed by atoms with E-state index in [1.807, 2.05) is 0 Å². The normalized spacial score (nSPS) is 17.9. The number of hydrogen-bond donors (Lipinski definition) is 3. The van der Waals surface area contributed by atoms with Gasteiger partial charge in [0.1, 0.15) is 5.75 Å². The van der Waals surface area contributed by atoms with E-state index in [1.165, 1.54) is 12.1 Å². The summed E-state index contributed by atoms with van der Waals surface area (Å²) in [6.07, 6.45) is 0. The van der Waals surface area contributed by atoms with Gasteiger partial charge in [0.15, 0.2) is 0 Å². The van der Waals surface area contributed by atoms with Gasteiger partial charge in [-0.25, -0.2) is 0 Å². The van der Waals surface area contributed by atoms with Crippen LogP contribution >= 0.6 is 0 Å². The molecule has 2 aromatic rings. The summed E-state index contributed by atoms with van der Waals surface area (Å²) in [4.78, 5) is 0. The first-order chi connectivity index (χ1) is 12.8. The summed E-state index contributed by atoms with van der Waals surface area (Å²) in [5.74, 6) is -4.18. The minimum atomic E-state index is -4.68. The highest BCUT2D eigenvalue weighted by Gasteiger charge is 2.35. The van der Waals surface area contributed by atoms with Crippen molar-refractivity contribution in [2.45, 2.75) is 5.92 Å². The summed E-state index contributed by atoms with van der Waals surface area (Å²) in [6.45, 7) is 0. The average molecular weight is 448 g/mol. The van der Waals surface area contributed by atoms with Crippen molar-refractivity contribution in [3.05, 3.63) is 53.1 Å². The van der Waals surface area contributed by atoms with Gasteiger partial charge < -0.3 is 0 Å². The van der Waals surface area contributed by atoms with E-state index in [0.29, 0.717) is 21.9 Å². The standard InChI is InChI=1S/C16H16O9S3/c17-26(18,19)7-13-11-5-1-3-10-4-2-6-12(16(10)11)14(8-27(20,21)22)15(13)9-28(23,24)25/h1-6,13H,7-9H2,(H,17,18,19)(H,20,21,22)(H,23,24,25). The van der Waals surface area contributed by atoms with Crippen molar-refractivity contribution in [3.8, 4) is 0 Å². The lowest BCUT2D eigenvalue weighted by Crippen LogP contribution is -2.26. The van der Waals surface area contributed by atoms with E-state index in [0.717, 1.165) is 0 Å². The van der Waals surface area contributed by atoms with E-state index in [4.69, 9.17) is 0 Å². The third-order valence-corrected chi connectivity index (χ3v) is 6.57. The first-order valence-corrected chi connectivity index (χ1v) is 12.7. The third kappa shape index (κ3) is 4.59. The maximum Gasteiger partial charge on any atom is 0.269 e. The van der Waals surface area contributed by atoms with Gasteiger partial charge in [-0.2, -0.15) is 25.3 Å². The Morgan fingerprint density at radius 3 is 1.86 bits per heavy atom. The van der Waals surface area contributed by atoms with Gasteiger partial charge >= 0.3 is 0 Å². The molecule has 9 nitrogen and oxygen atoms in total. The summed E-state index contributed by atoms with van der Waals surface area (Å²) < 4.78 is 97.6. The lowest BCUT2D eigenvalue weighted by atomic mass is 9.78. The number of hydrogen-bond acceptors (Lipinski definition) is 6. The molecule has 3 rings (SSSR count). The highest BCUT2D eigenvalue weighted by Crippen LogP contribution is 2.44. The molecule has 0 radical (unpaired) electrons. The molecular formula is C16H16O9S3. The Hall–Kier alpha value is -1.83. The average Bonchev–Trinajstić information content (AvgIpc) is 2.51. The number of rotatable bonds is 6. The largest absolute Gasteiger partial charge is 0.286 e. The Morgan fingerprint density at radius 1 is 0.750 bits per heavy atom. The molecule has 0 aromatic heterocycles. The number of benzene rings is 2. The summed E-state index contributed by atoms with van der Waals surface area (Å²) in [6, 6.07) is 9.66. The summed E-state index contributed by atoms with van der Waals surface area (Å²) >= 11 is 0. The molecule has 1 unspecified atom stereocenters. The summed E-state index contributed by atoms with van der Waals surface area (Å²) in [5.41, 5.74) is 0.321. The van der Waals surface area contributed by atoms with Crippen LogP contribution in [0, 0.1) is 0 Å². The van der Waals surface area contributed by atoms with Crippen molar-refractivity contribution in [3.63, 3.8) is 0 Å². The molecule has 152 valence electrons. The Labute approximate surface area is 161 Å². The Bertz CT molecular complexity index is 1300. The van der Waals surface area contributed by atoms with Crippen LogP contribution in [0.4, 0.5) is 0 Å². The van der Waals surface area contributed by atoms with E-state index in [1.54, 1.807) is 24.3 Å². The van der Waals surface area contributed by atoms with Gasteiger partial charge in [-0.05, 0) is 33.0 Å². The van der Waals surface area contributed by atoms with E-state index < -0.39 is 53.5 Å². The molecule has 3 N–H and O–H groups in total. The highest BCUT2D eigenvalue weighted by atomic mass is 32.2. The molecule has 12 heteroatoms. The predicted molar refractivity (Wildman–Crippen MR) is 103 cm³/mol. The fourth-order valence-electron chi connectivity index (χ4n) is 3.62. The van der Waals surface area contributed by atoms with Crippen LogP contribution in [0.15, 0.2) is 42.0 Å². The van der Waals surface area contributed by atoms with Crippen LogP contribution in [0.2, 0.25) is 0 Å². The van der Waals surface area contributed by atoms with Crippen molar-refractivity contribution in [1.82, 2.24) is 0 Å². The van der Waals surface area contributed by atoms with Crippen molar-refractivity contribution in [2.75, 3.05) is 17.3 Å². The zero-order valence-corrected chi connectivity index (χ0v) is 16.6. The molecule has 0 fully saturated rings. The molecule has 0 aliphatic heterocycles. The maximum atomic E-state index is 11.6. The summed E-state index contributed by atoms with van der Waals surface area (Å²) in [7, 11) is -13.9. The van der Waals surface area contributed by atoms with Gasteiger partial charge in [0.05, 0.1) is 11.5 Å². The fourth-order valence-corrected chi connectivity index (χ4v) is 5.90. The minimum absolute atomic E-state index is 0.127.